The van der Waals surface area contributed by atoms with E-state index in [1.165, 1.54) is 25.7 Å². The number of aromatic nitrogens is 2. The molecule has 0 saturated heterocycles. The second kappa shape index (κ2) is 5.34. The fourth-order valence-corrected chi connectivity index (χ4v) is 2.69. The topological polar surface area (TPSA) is 52.8 Å². The Hall–Kier alpha value is -1.63. The van der Waals surface area contributed by atoms with Gasteiger partial charge in [-0.05, 0) is 31.7 Å². The molecule has 1 aliphatic rings. The van der Waals surface area contributed by atoms with E-state index >= 15 is 0 Å². The molecular formula is C14H20N4. The molecule has 0 bridgehead atoms. The summed E-state index contributed by atoms with van der Waals surface area (Å²) in [4.78, 5) is 10.9. The lowest BCUT2D eigenvalue weighted by Crippen LogP contribution is -2.36. The molecule has 1 aliphatic carbocycles. The van der Waals surface area contributed by atoms with Gasteiger partial charge in [-0.15, -0.1) is 0 Å². The summed E-state index contributed by atoms with van der Waals surface area (Å²) in [6, 6.07) is 4.32. The van der Waals surface area contributed by atoms with Crippen molar-refractivity contribution in [2.75, 3.05) is 11.9 Å². The highest BCUT2D eigenvalue weighted by molar-refractivity contribution is 5.36. The molecule has 1 fully saturated rings. The van der Waals surface area contributed by atoms with Crippen LogP contribution in [0.25, 0.3) is 0 Å². The Bertz CT molecular complexity index is 463. The minimum Gasteiger partial charge on any atom is -0.341 e. The molecule has 2 unspecified atom stereocenters. The molecule has 2 atom stereocenters. The number of rotatable bonds is 2. The molecule has 0 spiro atoms. The summed E-state index contributed by atoms with van der Waals surface area (Å²) in [7, 11) is 2.04. The van der Waals surface area contributed by atoms with Gasteiger partial charge in [0.15, 0.2) is 0 Å². The van der Waals surface area contributed by atoms with Crippen molar-refractivity contribution in [3.05, 3.63) is 17.5 Å². The van der Waals surface area contributed by atoms with E-state index in [1.807, 2.05) is 14.0 Å². The predicted molar refractivity (Wildman–Crippen MR) is 71.3 cm³/mol. The molecule has 2 rings (SSSR count). The minimum atomic E-state index is 0.452. The van der Waals surface area contributed by atoms with Gasteiger partial charge in [0.2, 0.25) is 5.95 Å². The fraction of sp³-hybridized carbons (Fsp3) is 0.643. The fourth-order valence-electron chi connectivity index (χ4n) is 2.69. The van der Waals surface area contributed by atoms with Gasteiger partial charge in [-0.1, -0.05) is 19.8 Å². The summed E-state index contributed by atoms with van der Waals surface area (Å²) in [5.74, 6) is 1.46. The third kappa shape index (κ3) is 2.79. The van der Waals surface area contributed by atoms with Gasteiger partial charge in [-0.2, -0.15) is 5.26 Å². The van der Waals surface area contributed by atoms with Crippen LogP contribution in [0.5, 0.6) is 0 Å². The van der Waals surface area contributed by atoms with Crippen molar-refractivity contribution in [1.82, 2.24) is 9.97 Å². The molecule has 0 N–H and O–H groups in total. The largest absolute Gasteiger partial charge is 0.341 e. The maximum absolute atomic E-state index is 8.96. The normalized spacial score (nSPS) is 23.4. The Balaban J connectivity index is 2.20. The lowest BCUT2D eigenvalue weighted by atomic mass is 9.86. The number of hydrogen-bond donors (Lipinski definition) is 0. The second-order valence-corrected chi connectivity index (χ2v) is 5.34. The molecule has 0 aliphatic heterocycles. The van der Waals surface area contributed by atoms with E-state index < -0.39 is 0 Å². The molecule has 1 saturated carbocycles. The lowest BCUT2D eigenvalue weighted by Gasteiger charge is -2.34. The van der Waals surface area contributed by atoms with Crippen LogP contribution >= 0.6 is 0 Å². The van der Waals surface area contributed by atoms with Gasteiger partial charge in [0.1, 0.15) is 11.8 Å². The third-order valence-electron chi connectivity index (χ3n) is 3.73. The monoisotopic (exact) mass is 244 g/mol. The third-order valence-corrected chi connectivity index (χ3v) is 3.73. The number of anilines is 1. The minimum absolute atomic E-state index is 0.452. The predicted octanol–water partition coefficient (Wildman–Crippen LogP) is 2.67. The standard InChI is InChI=1S/C14H20N4/c1-10-5-4-6-13(7-10)18(3)14-16-11(2)8-12(9-15)17-14/h8,10,13H,4-7H2,1-3H3. The molecule has 18 heavy (non-hydrogen) atoms. The molecule has 1 heterocycles. The number of aryl methyl sites for hydroxylation is 1. The van der Waals surface area contributed by atoms with E-state index in [4.69, 9.17) is 5.26 Å². The molecule has 96 valence electrons. The van der Waals surface area contributed by atoms with Crippen LogP contribution in [0.4, 0.5) is 5.95 Å². The van der Waals surface area contributed by atoms with Crippen molar-refractivity contribution < 1.29 is 0 Å². The first-order valence-corrected chi connectivity index (χ1v) is 6.58. The van der Waals surface area contributed by atoms with Crippen LogP contribution in [-0.4, -0.2) is 23.1 Å². The Morgan fingerprint density at radius 1 is 1.39 bits per heavy atom. The maximum atomic E-state index is 8.96. The van der Waals surface area contributed by atoms with Gasteiger partial charge < -0.3 is 4.90 Å². The number of nitriles is 1. The van der Waals surface area contributed by atoms with Crippen molar-refractivity contribution in [2.24, 2.45) is 5.92 Å². The molecule has 0 radical (unpaired) electrons. The quantitative estimate of drug-likeness (QED) is 0.802. The summed E-state index contributed by atoms with van der Waals surface area (Å²) >= 11 is 0. The van der Waals surface area contributed by atoms with Crippen LogP contribution in [0.3, 0.4) is 0 Å². The zero-order chi connectivity index (χ0) is 13.1. The van der Waals surface area contributed by atoms with Crippen LogP contribution in [0.15, 0.2) is 6.07 Å². The van der Waals surface area contributed by atoms with E-state index in [2.05, 4.69) is 27.9 Å². The molecule has 0 amide bonds. The summed E-state index contributed by atoms with van der Waals surface area (Å²) in [5.41, 5.74) is 1.31. The molecular weight excluding hydrogens is 224 g/mol. The molecule has 0 aromatic carbocycles. The lowest BCUT2D eigenvalue weighted by molar-refractivity contribution is 0.334. The van der Waals surface area contributed by atoms with Crippen molar-refractivity contribution in [1.29, 1.82) is 5.26 Å². The first-order chi connectivity index (χ1) is 8.60. The van der Waals surface area contributed by atoms with Gasteiger partial charge in [-0.25, -0.2) is 9.97 Å². The van der Waals surface area contributed by atoms with Crippen LogP contribution < -0.4 is 4.90 Å². The summed E-state index contributed by atoms with van der Waals surface area (Å²) in [6.45, 7) is 4.21. The van der Waals surface area contributed by atoms with E-state index in [-0.39, 0.29) is 0 Å². The van der Waals surface area contributed by atoms with Crippen LogP contribution in [-0.2, 0) is 0 Å². The molecule has 1 aromatic rings. The Kier molecular flexibility index (Phi) is 3.81. The first-order valence-electron chi connectivity index (χ1n) is 6.58. The molecule has 4 heteroatoms. The highest BCUT2D eigenvalue weighted by atomic mass is 15.3. The highest BCUT2D eigenvalue weighted by Gasteiger charge is 2.24. The average Bonchev–Trinajstić information content (AvgIpc) is 2.37. The van der Waals surface area contributed by atoms with E-state index in [0.29, 0.717) is 17.7 Å². The second-order valence-electron chi connectivity index (χ2n) is 5.34. The Morgan fingerprint density at radius 2 is 2.17 bits per heavy atom. The average molecular weight is 244 g/mol. The summed E-state index contributed by atoms with van der Waals surface area (Å²) in [5, 5.41) is 8.96. The first kappa shape index (κ1) is 12.8. The molecule has 1 aromatic heterocycles. The number of nitrogens with zero attached hydrogens (tertiary/aromatic N) is 4. The van der Waals surface area contributed by atoms with Crippen LogP contribution in [0.2, 0.25) is 0 Å². The van der Waals surface area contributed by atoms with Crippen LogP contribution in [0.1, 0.15) is 44.0 Å². The Labute approximate surface area is 109 Å². The zero-order valence-electron chi connectivity index (χ0n) is 11.3. The Morgan fingerprint density at radius 3 is 2.83 bits per heavy atom. The maximum Gasteiger partial charge on any atom is 0.226 e. The highest BCUT2D eigenvalue weighted by Crippen LogP contribution is 2.28. The van der Waals surface area contributed by atoms with Crippen molar-refractivity contribution in [2.45, 2.75) is 45.6 Å². The van der Waals surface area contributed by atoms with Gasteiger partial charge in [0.25, 0.3) is 0 Å². The summed E-state index contributed by atoms with van der Waals surface area (Å²) in [6.07, 6.45) is 4.98. The van der Waals surface area contributed by atoms with Crippen molar-refractivity contribution >= 4 is 5.95 Å². The van der Waals surface area contributed by atoms with Gasteiger partial charge in [-0.3, -0.25) is 0 Å². The molecule has 4 nitrogen and oxygen atoms in total. The van der Waals surface area contributed by atoms with Gasteiger partial charge in [0.05, 0.1) is 0 Å². The van der Waals surface area contributed by atoms with E-state index in [9.17, 15) is 0 Å². The SMILES string of the molecule is Cc1cc(C#N)nc(N(C)C2CCCC(C)C2)n1. The van der Waals surface area contributed by atoms with E-state index in [0.717, 1.165) is 11.6 Å². The van der Waals surface area contributed by atoms with Crippen molar-refractivity contribution in [3.63, 3.8) is 0 Å². The summed E-state index contributed by atoms with van der Waals surface area (Å²) < 4.78 is 0. The van der Waals surface area contributed by atoms with E-state index in [1.54, 1.807) is 6.07 Å². The zero-order valence-corrected chi connectivity index (χ0v) is 11.3. The van der Waals surface area contributed by atoms with Crippen LogP contribution in [0, 0.1) is 24.2 Å². The smallest absolute Gasteiger partial charge is 0.226 e. The van der Waals surface area contributed by atoms with Gasteiger partial charge in [0, 0.05) is 18.8 Å². The number of hydrogen-bond acceptors (Lipinski definition) is 4. The van der Waals surface area contributed by atoms with Gasteiger partial charge >= 0.3 is 0 Å². The van der Waals surface area contributed by atoms with Crippen molar-refractivity contribution in [3.8, 4) is 6.07 Å².